The van der Waals surface area contributed by atoms with E-state index < -0.39 is 0 Å². The summed E-state index contributed by atoms with van der Waals surface area (Å²) in [7, 11) is 0. The predicted molar refractivity (Wildman–Crippen MR) is 67.8 cm³/mol. The van der Waals surface area contributed by atoms with Gasteiger partial charge in [-0.25, -0.2) is 4.98 Å². The molecular weight excluding hydrogens is 238 g/mol. The van der Waals surface area contributed by atoms with Crippen LogP contribution in [0.1, 0.15) is 5.69 Å². The lowest BCUT2D eigenvalue weighted by molar-refractivity contribution is 1.05. The third-order valence-electron chi connectivity index (χ3n) is 2.67. The summed E-state index contributed by atoms with van der Waals surface area (Å²) in [6.07, 6.45) is 1.73. The minimum Gasteiger partial charge on any atom is -0.397 e. The van der Waals surface area contributed by atoms with Gasteiger partial charge in [0.05, 0.1) is 23.0 Å². The number of anilines is 1. The first-order valence-electron chi connectivity index (χ1n) is 5.10. The number of aryl methyl sites for hydroxylation is 1. The van der Waals surface area contributed by atoms with Crippen molar-refractivity contribution < 1.29 is 0 Å². The van der Waals surface area contributed by atoms with Crippen LogP contribution in [0.4, 0.5) is 5.69 Å². The summed E-state index contributed by atoms with van der Waals surface area (Å²) in [5.41, 5.74) is 9.87. The highest BCUT2D eigenvalue weighted by Crippen LogP contribution is 2.27. The van der Waals surface area contributed by atoms with Gasteiger partial charge in [-0.05, 0) is 19.1 Å². The standard InChI is InChI=1S/C11H10ClN5/c1-5-7(4-14-17-5)11-15-9-3-6(12)2-8(13)10(9)16-11/h2-4H,13H2,1H3,(H,14,17)(H,15,16). The van der Waals surface area contributed by atoms with Gasteiger partial charge in [0.25, 0.3) is 0 Å². The summed E-state index contributed by atoms with van der Waals surface area (Å²) >= 11 is 5.94. The van der Waals surface area contributed by atoms with Crippen LogP contribution in [0.5, 0.6) is 0 Å². The van der Waals surface area contributed by atoms with Gasteiger partial charge < -0.3 is 10.7 Å². The fraction of sp³-hybridized carbons (Fsp3) is 0.0909. The molecule has 0 saturated heterocycles. The number of imidazole rings is 1. The number of nitrogens with zero attached hydrogens (tertiary/aromatic N) is 2. The quantitative estimate of drug-likeness (QED) is 0.578. The highest BCUT2D eigenvalue weighted by molar-refractivity contribution is 6.31. The molecule has 86 valence electrons. The monoisotopic (exact) mass is 247 g/mol. The Bertz CT molecular complexity index is 697. The van der Waals surface area contributed by atoms with E-state index in [2.05, 4.69) is 20.2 Å². The lowest BCUT2D eigenvalue weighted by Crippen LogP contribution is -1.86. The van der Waals surface area contributed by atoms with E-state index in [1.54, 1.807) is 18.3 Å². The lowest BCUT2D eigenvalue weighted by atomic mass is 10.2. The largest absolute Gasteiger partial charge is 0.397 e. The summed E-state index contributed by atoms with van der Waals surface area (Å²) in [5, 5.41) is 7.43. The number of benzene rings is 1. The van der Waals surface area contributed by atoms with Gasteiger partial charge >= 0.3 is 0 Å². The maximum Gasteiger partial charge on any atom is 0.142 e. The molecular formula is C11H10ClN5. The number of fused-ring (bicyclic) bond motifs is 1. The number of nitrogens with one attached hydrogen (secondary N) is 2. The smallest absolute Gasteiger partial charge is 0.142 e. The van der Waals surface area contributed by atoms with Crippen molar-refractivity contribution in [3.8, 4) is 11.4 Å². The Hall–Kier alpha value is -2.01. The molecule has 0 amide bonds. The van der Waals surface area contributed by atoms with Crippen molar-refractivity contribution in [2.45, 2.75) is 6.92 Å². The van der Waals surface area contributed by atoms with E-state index in [0.717, 1.165) is 28.1 Å². The van der Waals surface area contributed by atoms with Crippen molar-refractivity contribution in [2.75, 3.05) is 5.73 Å². The molecule has 0 spiro atoms. The van der Waals surface area contributed by atoms with E-state index in [9.17, 15) is 0 Å². The Balaban J connectivity index is 2.27. The van der Waals surface area contributed by atoms with Gasteiger partial charge in [0.15, 0.2) is 0 Å². The zero-order valence-corrected chi connectivity index (χ0v) is 9.84. The van der Waals surface area contributed by atoms with Crippen LogP contribution in [0.2, 0.25) is 5.02 Å². The van der Waals surface area contributed by atoms with E-state index in [-0.39, 0.29) is 0 Å². The Morgan fingerprint density at radius 3 is 2.88 bits per heavy atom. The molecule has 0 atom stereocenters. The molecule has 2 heterocycles. The number of aromatic nitrogens is 4. The first-order valence-corrected chi connectivity index (χ1v) is 5.48. The molecule has 0 saturated carbocycles. The molecule has 4 N–H and O–H groups in total. The average molecular weight is 248 g/mol. The summed E-state index contributed by atoms with van der Waals surface area (Å²) in [6, 6.07) is 3.50. The SMILES string of the molecule is Cc1[nH]ncc1-c1nc2c(N)cc(Cl)cc2[nH]1. The molecule has 0 bridgehead atoms. The highest BCUT2D eigenvalue weighted by Gasteiger charge is 2.11. The number of nitrogen functional groups attached to an aromatic ring is 1. The van der Waals surface area contributed by atoms with Crippen molar-refractivity contribution in [3.05, 3.63) is 29.0 Å². The maximum atomic E-state index is 5.94. The van der Waals surface area contributed by atoms with E-state index >= 15 is 0 Å². The van der Waals surface area contributed by atoms with Crippen LogP contribution in [0.15, 0.2) is 18.3 Å². The molecule has 0 aliphatic rings. The van der Waals surface area contributed by atoms with E-state index in [0.29, 0.717) is 10.7 Å². The second kappa shape index (κ2) is 3.49. The van der Waals surface area contributed by atoms with Crippen LogP contribution in [-0.2, 0) is 0 Å². The topological polar surface area (TPSA) is 83.4 Å². The number of nitrogens with two attached hydrogens (primary N) is 1. The second-order valence-electron chi connectivity index (χ2n) is 3.89. The number of H-pyrrole nitrogens is 2. The number of hydrogen-bond donors (Lipinski definition) is 3. The first kappa shape index (κ1) is 10.2. The molecule has 3 rings (SSSR count). The van der Waals surface area contributed by atoms with Crippen molar-refractivity contribution in [1.82, 2.24) is 20.2 Å². The van der Waals surface area contributed by atoms with Gasteiger partial charge in [-0.15, -0.1) is 0 Å². The van der Waals surface area contributed by atoms with Crippen molar-refractivity contribution >= 4 is 28.3 Å². The van der Waals surface area contributed by atoms with Crippen molar-refractivity contribution in [3.63, 3.8) is 0 Å². The number of aromatic amines is 2. The maximum absolute atomic E-state index is 5.94. The molecule has 2 aromatic heterocycles. The van der Waals surface area contributed by atoms with E-state index in [1.807, 2.05) is 6.92 Å². The van der Waals surface area contributed by atoms with Gasteiger partial charge in [-0.3, -0.25) is 5.10 Å². The minimum absolute atomic E-state index is 0.566. The zero-order valence-electron chi connectivity index (χ0n) is 9.08. The normalized spacial score (nSPS) is 11.2. The van der Waals surface area contributed by atoms with Gasteiger partial charge in [-0.1, -0.05) is 11.6 Å². The van der Waals surface area contributed by atoms with Gasteiger partial charge in [-0.2, -0.15) is 5.10 Å². The van der Waals surface area contributed by atoms with Crippen LogP contribution < -0.4 is 5.73 Å². The molecule has 17 heavy (non-hydrogen) atoms. The third kappa shape index (κ3) is 1.55. The molecule has 0 aliphatic heterocycles. The second-order valence-corrected chi connectivity index (χ2v) is 4.32. The summed E-state index contributed by atoms with van der Waals surface area (Å²) in [6.45, 7) is 1.94. The van der Waals surface area contributed by atoms with Crippen LogP contribution in [0.3, 0.4) is 0 Å². The molecule has 3 aromatic rings. The molecule has 0 radical (unpaired) electrons. The average Bonchev–Trinajstić information content (AvgIpc) is 2.83. The Labute approximate surface area is 102 Å². The number of rotatable bonds is 1. The molecule has 0 unspecified atom stereocenters. The van der Waals surface area contributed by atoms with Crippen molar-refractivity contribution in [1.29, 1.82) is 0 Å². The molecule has 6 heteroatoms. The van der Waals surface area contributed by atoms with Crippen LogP contribution in [0.25, 0.3) is 22.4 Å². The molecule has 0 fully saturated rings. The highest BCUT2D eigenvalue weighted by atomic mass is 35.5. The van der Waals surface area contributed by atoms with E-state index in [4.69, 9.17) is 17.3 Å². The lowest BCUT2D eigenvalue weighted by Gasteiger charge is -1.94. The van der Waals surface area contributed by atoms with Gasteiger partial charge in [0, 0.05) is 10.7 Å². The zero-order chi connectivity index (χ0) is 12.0. The third-order valence-corrected chi connectivity index (χ3v) is 2.88. The number of halogens is 1. The Morgan fingerprint density at radius 1 is 1.35 bits per heavy atom. The van der Waals surface area contributed by atoms with E-state index in [1.165, 1.54) is 0 Å². The van der Waals surface area contributed by atoms with Crippen LogP contribution in [-0.4, -0.2) is 20.2 Å². The Morgan fingerprint density at radius 2 is 2.18 bits per heavy atom. The van der Waals surface area contributed by atoms with Crippen LogP contribution in [0, 0.1) is 6.92 Å². The van der Waals surface area contributed by atoms with Gasteiger partial charge in [0.1, 0.15) is 11.3 Å². The van der Waals surface area contributed by atoms with Gasteiger partial charge in [0.2, 0.25) is 0 Å². The van der Waals surface area contributed by atoms with Crippen molar-refractivity contribution in [2.24, 2.45) is 0 Å². The molecule has 0 aliphatic carbocycles. The number of hydrogen-bond acceptors (Lipinski definition) is 3. The summed E-state index contributed by atoms with van der Waals surface area (Å²) in [4.78, 5) is 7.64. The Kier molecular flexibility index (Phi) is 2.09. The summed E-state index contributed by atoms with van der Waals surface area (Å²) < 4.78 is 0. The molecule has 1 aromatic carbocycles. The minimum atomic E-state index is 0.566. The fourth-order valence-electron chi connectivity index (χ4n) is 1.82. The summed E-state index contributed by atoms with van der Waals surface area (Å²) in [5.74, 6) is 0.736. The van der Waals surface area contributed by atoms with Crippen LogP contribution >= 0.6 is 11.6 Å². The first-order chi connectivity index (χ1) is 8.15. The predicted octanol–water partition coefficient (Wildman–Crippen LogP) is 2.50. The fourth-order valence-corrected chi connectivity index (χ4v) is 2.05. The molecule has 5 nitrogen and oxygen atoms in total.